The van der Waals surface area contributed by atoms with E-state index >= 15 is 0 Å². The number of esters is 1. The molecule has 1 aliphatic rings. The molecule has 0 bridgehead atoms. The number of hydrogen-bond donors (Lipinski definition) is 2. The Morgan fingerprint density at radius 1 is 1.71 bits per heavy atom. The van der Waals surface area contributed by atoms with Crippen LogP contribution in [0.15, 0.2) is 9.98 Å². The molecule has 1 aromatic heterocycles. The molecule has 0 aliphatic carbocycles. The first-order valence-electron chi connectivity index (χ1n) is 6.52. The molecule has 21 heavy (non-hydrogen) atoms. The monoisotopic (exact) mass is 376 g/mol. The zero-order chi connectivity index (χ0) is 15.4. The molecule has 3 N–H and O–H groups in total. The Labute approximate surface area is 134 Å². The molecule has 0 aromatic carbocycles. The van der Waals surface area contributed by atoms with Crippen LogP contribution in [-0.2, 0) is 20.7 Å². The number of hydrazine groups is 1. The molecule has 1 aromatic rings. The maximum atomic E-state index is 12.3. The topological polar surface area (TPSA) is 97.5 Å². The number of amides is 1. The van der Waals surface area contributed by atoms with E-state index in [4.69, 9.17) is 10.5 Å². The number of carbonyl (C=O) groups excluding carboxylic acids is 2. The van der Waals surface area contributed by atoms with Crippen molar-refractivity contribution in [3.63, 3.8) is 0 Å². The third kappa shape index (κ3) is 4.22. The quantitative estimate of drug-likeness (QED) is 0.740. The third-order valence-electron chi connectivity index (χ3n) is 3.17. The van der Waals surface area contributed by atoms with Crippen LogP contribution >= 0.6 is 27.3 Å². The van der Waals surface area contributed by atoms with Crippen molar-refractivity contribution < 1.29 is 14.3 Å². The van der Waals surface area contributed by atoms with Crippen molar-refractivity contribution in [2.75, 3.05) is 13.7 Å². The number of carbonyl (C=O) groups is 2. The lowest BCUT2D eigenvalue weighted by atomic mass is 10.1. The molecule has 2 heterocycles. The minimum absolute atomic E-state index is 0.241. The van der Waals surface area contributed by atoms with Gasteiger partial charge in [-0.05, 0) is 28.8 Å². The highest BCUT2D eigenvalue weighted by Crippen LogP contribution is 2.17. The number of nitrogens with zero attached hydrogens (tertiary/aromatic N) is 2. The number of thiazole rings is 1. The van der Waals surface area contributed by atoms with E-state index in [0.29, 0.717) is 19.4 Å². The van der Waals surface area contributed by atoms with Crippen LogP contribution in [0.4, 0.5) is 0 Å². The van der Waals surface area contributed by atoms with Gasteiger partial charge in [0.05, 0.1) is 18.2 Å². The molecule has 0 radical (unpaired) electrons. The van der Waals surface area contributed by atoms with Crippen LogP contribution in [0.3, 0.4) is 0 Å². The van der Waals surface area contributed by atoms with Gasteiger partial charge in [-0.15, -0.1) is 11.3 Å². The van der Waals surface area contributed by atoms with Crippen molar-refractivity contribution in [1.29, 1.82) is 0 Å². The molecular formula is C12H17BrN4O3S. The van der Waals surface area contributed by atoms with E-state index < -0.39 is 12.1 Å². The summed E-state index contributed by atoms with van der Waals surface area (Å²) in [6.07, 6.45) is 1.75. The molecular weight excluding hydrogens is 360 g/mol. The van der Waals surface area contributed by atoms with Gasteiger partial charge in [0.1, 0.15) is 10.6 Å². The number of nitrogens with two attached hydrogens (primary N) is 1. The van der Waals surface area contributed by atoms with E-state index in [1.807, 2.05) is 5.38 Å². The standard InChI is InChI=1S/C12H17BrN4O3S/c1-20-12(19)8-3-2-4-17(16-8)11(18)7(14)5-10-15-9(13)6-21-10/h6-8,16H,2-5,14H2,1H3/t7-,8-/m0/s1. The first-order valence-corrected chi connectivity index (χ1v) is 8.19. The molecule has 9 heteroatoms. The van der Waals surface area contributed by atoms with Gasteiger partial charge in [0.25, 0.3) is 5.91 Å². The summed E-state index contributed by atoms with van der Waals surface area (Å²) in [7, 11) is 1.33. The van der Waals surface area contributed by atoms with Gasteiger partial charge in [-0.1, -0.05) is 0 Å². The number of rotatable bonds is 4. The van der Waals surface area contributed by atoms with Gasteiger partial charge >= 0.3 is 5.97 Å². The highest BCUT2D eigenvalue weighted by Gasteiger charge is 2.31. The number of hydrogen-bond acceptors (Lipinski definition) is 7. The lowest BCUT2D eigenvalue weighted by Gasteiger charge is -2.33. The minimum Gasteiger partial charge on any atom is -0.468 e. The molecule has 7 nitrogen and oxygen atoms in total. The average molecular weight is 377 g/mol. The summed E-state index contributed by atoms with van der Waals surface area (Å²) in [6.45, 7) is 0.529. The third-order valence-corrected chi connectivity index (χ3v) is 4.75. The second-order valence-corrected chi connectivity index (χ2v) is 6.47. The molecule has 1 fully saturated rings. The number of halogens is 1. The number of nitrogens with one attached hydrogen (secondary N) is 1. The number of aromatic nitrogens is 1. The summed E-state index contributed by atoms with van der Waals surface area (Å²) >= 11 is 4.71. The van der Waals surface area contributed by atoms with Crippen molar-refractivity contribution in [2.24, 2.45) is 5.73 Å². The summed E-state index contributed by atoms with van der Waals surface area (Å²) in [5, 5.41) is 4.06. The number of methoxy groups -OCH3 is 1. The van der Waals surface area contributed by atoms with Gasteiger partial charge in [0.2, 0.25) is 0 Å². The minimum atomic E-state index is -0.688. The second-order valence-electron chi connectivity index (χ2n) is 4.71. The van der Waals surface area contributed by atoms with Gasteiger partial charge in [0, 0.05) is 18.3 Å². The predicted molar refractivity (Wildman–Crippen MR) is 81.4 cm³/mol. The molecule has 1 aliphatic heterocycles. The molecule has 0 unspecified atom stereocenters. The van der Waals surface area contributed by atoms with Crippen LogP contribution < -0.4 is 11.2 Å². The zero-order valence-electron chi connectivity index (χ0n) is 11.5. The van der Waals surface area contributed by atoms with E-state index in [1.165, 1.54) is 23.5 Å². The Balaban J connectivity index is 1.93. The van der Waals surface area contributed by atoms with E-state index in [0.717, 1.165) is 16.0 Å². The normalized spacial score (nSPS) is 20.1. The average Bonchev–Trinajstić information content (AvgIpc) is 2.90. The Kier molecular flexibility index (Phi) is 5.68. The van der Waals surface area contributed by atoms with Gasteiger partial charge in [-0.3, -0.25) is 14.6 Å². The van der Waals surface area contributed by atoms with Gasteiger partial charge < -0.3 is 10.5 Å². The van der Waals surface area contributed by atoms with Crippen LogP contribution in [-0.4, -0.2) is 47.6 Å². The summed E-state index contributed by atoms with van der Waals surface area (Å²) in [5.74, 6) is -0.611. The highest BCUT2D eigenvalue weighted by molar-refractivity contribution is 9.10. The smallest absolute Gasteiger partial charge is 0.324 e. The summed E-state index contributed by atoms with van der Waals surface area (Å²) in [4.78, 5) is 28.1. The highest BCUT2D eigenvalue weighted by atomic mass is 79.9. The fourth-order valence-corrected chi connectivity index (χ4v) is 3.44. The largest absolute Gasteiger partial charge is 0.468 e. The summed E-state index contributed by atoms with van der Waals surface area (Å²) in [5.41, 5.74) is 8.83. The lowest BCUT2D eigenvalue weighted by molar-refractivity contribution is -0.149. The maximum absolute atomic E-state index is 12.3. The molecule has 1 amide bonds. The Hall–Kier alpha value is -1.03. The van der Waals surface area contributed by atoms with E-state index in [1.54, 1.807) is 0 Å². The fraction of sp³-hybridized carbons (Fsp3) is 0.583. The summed E-state index contributed by atoms with van der Waals surface area (Å²) in [6, 6.07) is -1.18. The molecule has 0 spiro atoms. The second kappa shape index (κ2) is 7.30. The molecule has 2 rings (SSSR count). The van der Waals surface area contributed by atoms with Crippen LogP contribution in [0, 0.1) is 0 Å². The molecule has 0 saturated carbocycles. The van der Waals surface area contributed by atoms with Crippen LogP contribution in [0.2, 0.25) is 0 Å². The molecule has 116 valence electrons. The fourth-order valence-electron chi connectivity index (χ4n) is 2.12. The SMILES string of the molecule is COC(=O)[C@@H]1CCCN(C(=O)[C@@H](N)Cc2nc(Br)cs2)N1. The Morgan fingerprint density at radius 3 is 3.10 bits per heavy atom. The predicted octanol–water partition coefficient (Wildman–Crippen LogP) is 0.444. The van der Waals surface area contributed by atoms with E-state index in [9.17, 15) is 9.59 Å². The van der Waals surface area contributed by atoms with E-state index in [-0.39, 0.29) is 11.9 Å². The van der Waals surface area contributed by atoms with Crippen molar-refractivity contribution in [2.45, 2.75) is 31.3 Å². The van der Waals surface area contributed by atoms with Gasteiger partial charge in [0.15, 0.2) is 0 Å². The van der Waals surface area contributed by atoms with Crippen LogP contribution in [0.1, 0.15) is 17.8 Å². The van der Waals surface area contributed by atoms with Crippen molar-refractivity contribution in [3.8, 4) is 0 Å². The first-order chi connectivity index (χ1) is 10.0. The Morgan fingerprint density at radius 2 is 2.48 bits per heavy atom. The van der Waals surface area contributed by atoms with Crippen LogP contribution in [0.25, 0.3) is 0 Å². The number of ether oxygens (including phenoxy) is 1. The maximum Gasteiger partial charge on any atom is 0.324 e. The lowest BCUT2D eigenvalue weighted by Crippen LogP contribution is -2.59. The van der Waals surface area contributed by atoms with Crippen LogP contribution in [0.5, 0.6) is 0 Å². The first kappa shape index (κ1) is 16.3. The Bertz CT molecular complexity index is 524. The van der Waals surface area contributed by atoms with Gasteiger partial charge in [-0.2, -0.15) is 0 Å². The van der Waals surface area contributed by atoms with E-state index in [2.05, 4.69) is 26.3 Å². The van der Waals surface area contributed by atoms with Crippen molar-refractivity contribution in [3.05, 3.63) is 15.0 Å². The molecule has 1 saturated heterocycles. The zero-order valence-corrected chi connectivity index (χ0v) is 13.9. The summed E-state index contributed by atoms with van der Waals surface area (Å²) < 4.78 is 5.43. The van der Waals surface area contributed by atoms with Crippen molar-refractivity contribution >= 4 is 39.1 Å². The molecule has 2 atom stereocenters. The van der Waals surface area contributed by atoms with Gasteiger partial charge in [-0.25, -0.2) is 10.4 Å². The van der Waals surface area contributed by atoms with Crippen molar-refractivity contribution in [1.82, 2.24) is 15.4 Å².